The van der Waals surface area contributed by atoms with Gasteiger partial charge in [-0.25, -0.2) is 9.97 Å². The van der Waals surface area contributed by atoms with E-state index in [4.69, 9.17) is 14.7 Å². The molecular weight excluding hydrogens is 348 g/mol. The molecule has 5 heteroatoms. The van der Waals surface area contributed by atoms with Gasteiger partial charge in [0.1, 0.15) is 17.1 Å². The van der Waals surface area contributed by atoms with Gasteiger partial charge in [-0.05, 0) is 42.8 Å². The Morgan fingerprint density at radius 2 is 1.82 bits per heavy atom. The molecular formula is C23H20N4O. The fourth-order valence-corrected chi connectivity index (χ4v) is 3.78. The van der Waals surface area contributed by atoms with Crippen LogP contribution in [-0.4, -0.2) is 26.6 Å². The van der Waals surface area contributed by atoms with Crippen LogP contribution in [0.2, 0.25) is 0 Å². The number of hydrogen-bond acceptors (Lipinski definition) is 4. The number of rotatable bonds is 4. The maximum Gasteiger partial charge on any atom is 0.145 e. The number of para-hydroxylation sites is 1. The Kier molecular flexibility index (Phi) is 3.93. The van der Waals surface area contributed by atoms with E-state index in [0.717, 1.165) is 62.9 Å². The molecule has 0 aliphatic rings. The van der Waals surface area contributed by atoms with Gasteiger partial charge >= 0.3 is 0 Å². The second kappa shape index (κ2) is 6.60. The van der Waals surface area contributed by atoms with Crippen LogP contribution in [0.4, 0.5) is 0 Å². The van der Waals surface area contributed by atoms with Gasteiger partial charge < -0.3 is 9.30 Å². The van der Waals surface area contributed by atoms with E-state index >= 15 is 0 Å². The molecule has 0 unspecified atom stereocenters. The molecule has 0 aliphatic heterocycles. The number of methoxy groups -OCH3 is 1. The molecule has 0 saturated heterocycles. The molecule has 3 heterocycles. The lowest BCUT2D eigenvalue weighted by atomic mass is 10.1. The van der Waals surface area contributed by atoms with Crippen molar-refractivity contribution >= 4 is 32.8 Å². The molecule has 0 fully saturated rings. The maximum absolute atomic E-state index is 5.46. The third-order valence-electron chi connectivity index (χ3n) is 5.29. The van der Waals surface area contributed by atoms with Gasteiger partial charge in [-0.3, -0.25) is 4.98 Å². The quantitative estimate of drug-likeness (QED) is 0.470. The lowest BCUT2D eigenvalue weighted by Crippen LogP contribution is -2.02. The monoisotopic (exact) mass is 368 g/mol. The first-order chi connectivity index (χ1) is 13.7. The standard InChI is InChI=1S/C23H20N4O/c1-27-19-12-11-18-17(6-4-14-24-18)23(19)26-21(27)13-10-16-9-8-15-5-3-7-20(28-2)22(15)25-16/h3-9,11-12,14H,10,13H2,1-2H3. The molecule has 28 heavy (non-hydrogen) atoms. The number of hydrogen-bond donors (Lipinski definition) is 0. The van der Waals surface area contributed by atoms with E-state index in [1.165, 1.54) is 0 Å². The molecule has 5 rings (SSSR count). The summed E-state index contributed by atoms with van der Waals surface area (Å²) in [5.41, 5.74) is 5.06. The van der Waals surface area contributed by atoms with Crippen LogP contribution < -0.4 is 4.74 Å². The molecule has 5 aromatic rings. The fraction of sp³-hybridized carbons (Fsp3) is 0.174. The zero-order chi connectivity index (χ0) is 19.1. The van der Waals surface area contributed by atoms with Gasteiger partial charge in [0.25, 0.3) is 0 Å². The highest BCUT2D eigenvalue weighted by atomic mass is 16.5. The summed E-state index contributed by atoms with van der Waals surface area (Å²) in [7, 11) is 3.76. The van der Waals surface area contributed by atoms with Crippen LogP contribution in [0.25, 0.3) is 32.8 Å². The first-order valence-corrected chi connectivity index (χ1v) is 9.36. The van der Waals surface area contributed by atoms with Gasteiger partial charge in [0.15, 0.2) is 0 Å². The van der Waals surface area contributed by atoms with Crippen LogP contribution in [0.1, 0.15) is 11.5 Å². The van der Waals surface area contributed by atoms with Crippen LogP contribution in [0.15, 0.2) is 60.8 Å². The molecule has 0 N–H and O–H groups in total. The van der Waals surface area contributed by atoms with Crippen LogP contribution in [0.5, 0.6) is 5.75 Å². The van der Waals surface area contributed by atoms with E-state index in [1.54, 1.807) is 7.11 Å². The highest BCUT2D eigenvalue weighted by Gasteiger charge is 2.12. The minimum absolute atomic E-state index is 0.807. The summed E-state index contributed by atoms with van der Waals surface area (Å²) in [5, 5.41) is 2.18. The lowest BCUT2D eigenvalue weighted by molar-refractivity contribution is 0.419. The van der Waals surface area contributed by atoms with Gasteiger partial charge in [0.05, 0.1) is 23.7 Å². The highest BCUT2D eigenvalue weighted by molar-refractivity contribution is 6.02. The maximum atomic E-state index is 5.46. The number of nitrogens with zero attached hydrogens (tertiary/aromatic N) is 4. The van der Waals surface area contributed by atoms with Crippen molar-refractivity contribution in [3.8, 4) is 5.75 Å². The van der Waals surface area contributed by atoms with Crippen LogP contribution >= 0.6 is 0 Å². The fourth-order valence-electron chi connectivity index (χ4n) is 3.78. The molecule has 0 atom stereocenters. The first-order valence-electron chi connectivity index (χ1n) is 9.36. The molecule has 0 radical (unpaired) electrons. The third kappa shape index (κ3) is 2.67. The average Bonchev–Trinajstić information content (AvgIpc) is 3.07. The summed E-state index contributed by atoms with van der Waals surface area (Å²) in [5.74, 6) is 1.86. The molecule has 138 valence electrons. The Bertz CT molecular complexity index is 1320. The van der Waals surface area contributed by atoms with Crippen molar-refractivity contribution in [2.75, 3.05) is 7.11 Å². The van der Waals surface area contributed by atoms with Gasteiger partial charge in [0, 0.05) is 36.1 Å². The summed E-state index contributed by atoms with van der Waals surface area (Å²) in [6.45, 7) is 0. The zero-order valence-corrected chi connectivity index (χ0v) is 15.9. The van der Waals surface area contributed by atoms with E-state index in [1.807, 2.05) is 24.4 Å². The van der Waals surface area contributed by atoms with Crippen molar-refractivity contribution in [3.63, 3.8) is 0 Å². The van der Waals surface area contributed by atoms with E-state index < -0.39 is 0 Å². The highest BCUT2D eigenvalue weighted by Crippen LogP contribution is 2.26. The molecule has 0 amide bonds. The van der Waals surface area contributed by atoms with E-state index in [0.29, 0.717) is 0 Å². The van der Waals surface area contributed by atoms with Crippen LogP contribution in [0, 0.1) is 0 Å². The van der Waals surface area contributed by atoms with Crippen LogP contribution in [0.3, 0.4) is 0 Å². The van der Waals surface area contributed by atoms with Crippen LogP contribution in [-0.2, 0) is 19.9 Å². The van der Waals surface area contributed by atoms with Gasteiger partial charge in [0.2, 0.25) is 0 Å². The predicted molar refractivity (Wildman–Crippen MR) is 112 cm³/mol. The second-order valence-electron chi connectivity index (χ2n) is 6.93. The Morgan fingerprint density at radius 3 is 2.71 bits per heavy atom. The topological polar surface area (TPSA) is 52.8 Å². The van der Waals surface area contributed by atoms with Crippen molar-refractivity contribution in [2.24, 2.45) is 7.05 Å². The lowest BCUT2D eigenvalue weighted by Gasteiger charge is -2.07. The second-order valence-corrected chi connectivity index (χ2v) is 6.93. The predicted octanol–water partition coefficient (Wildman–Crippen LogP) is 4.46. The van der Waals surface area contributed by atoms with Gasteiger partial charge in [-0.1, -0.05) is 18.2 Å². The smallest absolute Gasteiger partial charge is 0.145 e. The molecule has 0 bridgehead atoms. The molecule has 5 nitrogen and oxygen atoms in total. The van der Waals surface area contributed by atoms with Gasteiger partial charge in [-0.2, -0.15) is 0 Å². The first kappa shape index (κ1) is 16.7. The Hall–Kier alpha value is -3.47. The summed E-state index contributed by atoms with van der Waals surface area (Å²) < 4.78 is 7.63. The zero-order valence-electron chi connectivity index (χ0n) is 15.9. The van der Waals surface area contributed by atoms with Crippen molar-refractivity contribution in [3.05, 3.63) is 72.3 Å². The molecule has 3 aromatic heterocycles. The van der Waals surface area contributed by atoms with E-state index in [2.05, 4.69) is 53.0 Å². The number of imidazole rings is 1. The number of aromatic nitrogens is 4. The summed E-state index contributed by atoms with van der Waals surface area (Å²) >= 11 is 0. The van der Waals surface area contributed by atoms with Gasteiger partial charge in [-0.15, -0.1) is 0 Å². The normalized spacial score (nSPS) is 11.5. The summed E-state index contributed by atoms with van der Waals surface area (Å²) in [6.07, 6.45) is 3.46. The Labute approximate surface area is 162 Å². The summed E-state index contributed by atoms with van der Waals surface area (Å²) in [6, 6.07) is 18.4. The number of fused-ring (bicyclic) bond motifs is 4. The van der Waals surface area contributed by atoms with Crippen molar-refractivity contribution < 1.29 is 4.74 Å². The largest absolute Gasteiger partial charge is 0.494 e. The van der Waals surface area contributed by atoms with Crippen molar-refractivity contribution in [1.82, 2.24) is 19.5 Å². The third-order valence-corrected chi connectivity index (χ3v) is 5.29. The number of ether oxygens (including phenoxy) is 1. The summed E-state index contributed by atoms with van der Waals surface area (Å²) in [4.78, 5) is 14.2. The molecule has 0 saturated carbocycles. The Balaban J connectivity index is 1.50. The number of pyridine rings is 2. The SMILES string of the molecule is COc1cccc2ccc(CCc3nc4c5cccnc5ccc4n3C)nc12. The van der Waals surface area contributed by atoms with E-state index in [-0.39, 0.29) is 0 Å². The minimum Gasteiger partial charge on any atom is -0.494 e. The van der Waals surface area contributed by atoms with E-state index in [9.17, 15) is 0 Å². The van der Waals surface area contributed by atoms with Crippen molar-refractivity contribution in [2.45, 2.75) is 12.8 Å². The Morgan fingerprint density at radius 1 is 0.893 bits per heavy atom. The molecule has 2 aromatic carbocycles. The molecule has 0 spiro atoms. The number of benzene rings is 2. The van der Waals surface area contributed by atoms with Crippen molar-refractivity contribution in [1.29, 1.82) is 0 Å². The number of aryl methyl sites for hydroxylation is 3. The minimum atomic E-state index is 0.807. The molecule has 0 aliphatic carbocycles. The average molecular weight is 368 g/mol.